The van der Waals surface area contributed by atoms with Gasteiger partial charge >= 0.3 is 0 Å². The van der Waals surface area contributed by atoms with Gasteiger partial charge in [-0.3, -0.25) is 16.0 Å². The minimum Gasteiger partial charge on any atom is -0.271 e. The summed E-state index contributed by atoms with van der Waals surface area (Å²) in [6.07, 6.45) is 1.95. The first kappa shape index (κ1) is 13.3. The minimum absolute atomic E-state index is 0.0724. The molecule has 5 heteroatoms. The molecule has 1 atom stereocenters. The fraction of sp³-hybridized carbons (Fsp3) is 0.267. The van der Waals surface area contributed by atoms with E-state index in [1.165, 1.54) is 10.3 Å². The van der Waals surface area contributed by atoms with Gasteiger partial charge in [0.25, 0.3) is 0 Å². The Morgan fingerprint density at radius 2 is 2.15 bits per heavy atom. The van der Waals surface area contributed by atoms with Gasteiger partial charge in [-0.15, -0.1) is 11.3 Å². The van der Waals surface area contributed by atoms with Gasteiger partial charge in [-0.1, -0.05) is 24.3 Å². The van der Waals surface area contributed by atoms with Gasteiger partial charge in [-0.25, -0.2) is 0 Å². The molecule has 0 fully saturated rings. The molecule has 0 aliphatic rings. The van der Waals surface area contributed by atoms with Crippen LogP contribution in [0.5, 0.6) is 0 Å². The first-order valence-electron chi connectivity index (χ1n) is 6.69. The number of hydrogen-bond acceptors (Lipinski definition) is 4. The Labute approximate surface area is 122 Å². The molecule has 3 aromatic rings. The molecule has 0 aliphatic heterocycles. The van der Waals surface area contributed by atoms with Crippen LogP contribution >= 0.6 is 11.3 Å². The maximum atomic E-state index is 5.75. The zero-order valence-electron chi connectivity index (χ0n) is 11.4. The van der Waals surface area contributed by atoms with Gasteiger partial charge in [0.1, 0.15) is 0 Å². The summed E-state index contributed by atoms with van der Waals surface area (Å²) in [5.74, 6) is 5.75. The van der Waals surface area contributed by atoms with Crippen molar-refractivity contribution in [3.05, 3.63) is 52.3 Å². The second-order valence-corrected chi connectivity index (χ2v) is 5.90. The van der Waals surface area contributed by atoms with Gasteiger partial charge in [-0.05, 0) is 30.4 Å². The number of nitrogens with two attached hydrogens (primary N) is 1. The van der Waals surface area contributed by atoms with E-state index in [1.807, 2.05) is 23.9 Å². The number of benzene rings is 1. The molecule has 1 aromatic carbocycles. The topological polar surface area (TPSA) is 55.9 Å². The number of aryl methyl sites for hydroxylation is 2. The first-order chi connectivity index (χ1) is 9.79. The predicted molar refractivity (Wildman–Crippen MR) is 83.4 cm³/mol. The van der Waals surface area contributed by atoms with Crippen LogP contribution in [0.2, 0.25) is 0 Å². The molecule has 20 heavy (non-hydrogen) atoms. The van der Waals surface area contributed by atoms with Crippen LogP contribution in [0.4, 0.5) is 0 Å². The Morgan fingerprint density at radius 1 is 1.30 bits per heavy atom. The molecule has 0 spiro atoms. The number of rotatable bonds is 5. The molecule has 0 saturated carbocycles. The first-order valence-corrected chi connectivity index (χ1v) is 7.57. The highest BCUT2D eigenvalue weighted by Gasteiger charge is 2.17. The lowest BCUT2D eigenvalue weighted by Crippen LogP contribution is -2.29. The van der Waals surface area contributed by atoms with Crippen molar-refractivity contribution in [2.24, 2.45) is 12.9 Å². The van der Waals surface area contributed by atoms with Crippen molar-refractivity contribution in [1.29, 1.82) is 0 Å². The van der Waals surface area contributed by atoms with Crippen molar-refractivity contribution in [3.63, 3.8) is 0 Å². The Morgan fingerprint density at radius 3 is 2.90 bits per heavy atom. The molecule has 3 N–H and O–H groups in total. The third-order valence-corrected chi connectivity index (χ3v) is 4.51. The monoisotopic (exact) mass is 286 g/mol. The molecule has 2 aromatic heterocycles. The van der Waals surface area contributed by atoms with E-state index >= 15 is 0 Å². The number of nitrogens with one attached hydrogen (secondary N) is 1. The van der Waals surface area contributed by atoms with Crippen molar-refractivity contribution in [1.82, 2.24) is 15.2 Å². The van der Waals surface area contributed by atoms with Crippen molar-refractivity contribution >= 4 is 22.2 Å². The van der Waals surface area contributed by atoms with Crippen LogP contribution in [0.3, 0.4) is 0 Å². The highest BCUT2D eigenvalue weighted by molar-refractivity contribution is 7.09. The van der Waals surface area contributed by atoms with Gasteiger partial charge in [0.05, 0.1) is 17.3 Å². The minimum atomic E-state index is 0.0724. The number of aromatic nitrogens is 2. The standard InChI is InChI=1S/C15H18N4S/c1-19-14-7-3-2-6-12(14)15(18-19)13(17-16)9-8-11-5-4-10-20-11/h2-7,10,13,17H,8-9,16H2,1H3. The molecule has 104 valence electrons. The van der Waals surface area contributed by atoms with Crippen molar-refractivity contribution < 1.29 is 0 Å². The average molecular weight is 286 g/mol. The maximum Gasteiger partial charge on any atom is 0.0886 e. The Kier molecular flexibility index (Phi) is 3.82. The second kappa shape index (κ2) is 5.75. The summed E-state index contributed by atoms with van der Waals surface area (Å²) in [6.45, 7) is 0. The normalized spacial score (nSPS) is 12.9. The van der Waals surface area contributed by atoms with Crippen molar-refractivity contribution in [2.75, 3.05) is 0 Å². The van der Waals surface area contributed by atoms with Gasteiger partial charge in [0.15, 0.2) is 0 Å². The summed E-state index contributed by atoms with van der Waals surface area (Å²) in [5.41, 5.74) is 5.08. The summed E-state index contributed by atoms with van der Waals surface area (Å²) in [6, 6.07) is 12.6. The molecule has 0 radical (unpaired) electrons. The largest absolute Gasteiger partial charge is 0.271 e. The molecular formula is C15H18N4S. The number of hydrogen-bond donors (Lipinski definition) is 2. The third kappa shape index (κ3) is 2.47. The van der Waals surface area contributed by atoms with Crippen molar-refractivity contribution in [3.8, 4) is 0 Å². The van der Waals surface area contributed by atoms with Crippen LogP contribution in [0.1, 0.15) is 23.0 Å². The van der Waals surface area contributed by atoms with Crippen LogP contribution in [0.15, 0.2) is 41.8 Å². The van der Waals surface area contributed by atoms with Crippen molar-refractivity contribution in [2.45, 2.75) is 18.9 Å². The van der Waals surface area contributed by atoms with E-state index < -0.39 is 0 Å². The van der Waals surface area contributed by atoms with Crippen LogP contribution < -0.4 is 11.3 Å². The molecule has 0 saturated heterocycles. The number of fused-ring (bicyclic) bond motifs is 1. The van der Waals surface area contributed by atoms with E-state index in [-0.39, 0.29) is 6.04 Å². The zero-order chi connectivity index (χ0) is 13.9. The molecular weight excluding hydrogens is 268 g/mol. The van der Waals surface area contributed by atoms with Gasteiger partial charge in [0.2, 0.25) is 0 Å². The molecule has 1 unspecified atom stereocenters. The predicted octanol–water partition coefficient (Wildman–Crippen LogP) is 2.77. The molecule has 4 nitrogen and oxygen atoms in total. The third-order valence-electron chi connectivity index (χ3n) is 3.58. The van der Waals surface area contributed by atoms with E-state index in [0.29, 0.717) is 0 Å². The summed E-state index contributed by atoms with van der Waals surface area (Å²) in [7, 11) is 1.97. The van der Waals surface area contributed by atoms with Gasteiger partial charge in [-0.2, -0.15) is 5.10 Å². The highest BCUT2D eigenvalue weighted by atomic mass is 32.1. The second-order valence-electron chi connectivity index (χ2n) is 4.86. The molecule has 0 bridgehead atoms. The van der Waals surface area contributed by atoms with Crippen LogP contribution in [-0.2, 0) is 13.5 Å². The summed E-state index contributed by atoms with van der Waals surface area (Å²) < 4.78 is 1.92. The highest BCUT2D eigenvalue weighted by Crippen LogP contribution is 2.26. The number of hydrazine groups is 1. The van der Waals surface area contributed by atoms with Crippen LogP contribution in [0, 0.1) is 0 Å². The summed E-state index contributed by atoms with van der Waals surface area (Å²) >= 11 is 1.79. The Bertz CT molecular complexity index is 687. The molecule has 0 aliphatic carbocycles. The SMILES string of the molecule is Cn1nc(C(CCc2cccs2)NN)c2ccccc21. The lowest BCUT2D eigenvalue weighted by atomic mass is 10.0. The quantitative estimate of drug-likeness (QED) is 0.560. The lowest BCUT2D eigenvalue weighted by Gasteiger charge is -2.13. The average Bonchev–Trinajstić information content (AvgIpc) is 3.09. The Balaban J connectivity index is 1.87. The number of para-hydroxylation sites is 1. The maximum absolute atomic E-state index is 5.75. The van der Waals surface area contributed by atoms with Crippen LogP contribution in [0.25, 0.3) is 10.9 Å². The van der Waals surface area contributed by atoms with Gasteiger partial charge in [0, 0.05) is 17.3 Å². The van der Waals surface area contributed by atoms with Gasteiger partial charge < -0.3 is 0 Å². The van der Waals surface area contributed by atoms with E-state index in [0.717, 1.165) is 24.1 Å². The summed E-state index contributed by atoms with van der Waals surface area (Å²) in [5, 5.41) is 7.92. The van der Waals surface area contributed by atoms with E-state index in [9.17, 15) is 0 Å². The number of thiophene rings is 1. The van der Waals surface area contributed by atoms with Crippen LogP contribution in [-0.4, -0.2) is 9.78 Å². The van der Waals surface area contributed by atoms with E-state index in [2.05, 4.69) is 40.2 Å². The molecule has 0 amide bonds. The van der Waals surface area contributed by atoms with E-state index in [1.54, 1.807) is 11.3 Å². The van der Waals surface area contributed by atoms with E-state index in [4.69, 9.17) is 5.84 Å². The zero-order valence-corrected chi connectivity index (χ0v) is 12.2. The fourth-order valence-electron chi connectivity index (χ4n) is 2.54. The lowest BCUT2D eigenvalue weighted by molar-refractivity contribution is 0.502. The summed E-state index contributed by atoms with van der Waals surface area (Å²) in [4.78, 5) is 1.38. The fourth-order valence-corrected chi connectivity index (χ4v) is 3.26. The smallest absolute Gasteiger partial charge is 0.0886 e. The molecule has 2 heterocycles. The Hall–Kier alpha value is -1.69. The number of nitrogens with zero attached hydrogens (tertiary/aromatic N) is 2. The molecule has 3 rings (SSSR count).